The highest BCUT2D eigenvalue weighted by atomic mass is 16.6. The first-order chi connectivity index (χ1) is 30.3. The number of aliphatic hydroxyl groups excluding tert-OH is 2. The Morgan fingerprint density at radius 1 is 1.11 bits per heavy atom. The number of aldehydes is 1. The number of esters is 1. The summed E-state index contributed by atoms with van der Waals surface area (Å²) in [4.78, 5) is 48.4. The number of fused-ring (bicyclic) bond motifs is 3. The normalized spacial score (nSPS) is 26.6. The molecule has 2 saturated carbocycles. The van der Waals surface area contributed by atoms with Crippen molar-refractivity contribution in [3.8, 4) is 17.2 Å². The third kappa shape index (κ3) is 8.73. The van der Waals surface area contributed by atoms with Gasteiger partial charge in [-0.05, 0) is 101 Å². The molecule has 5 atom stereocenters. The van der Waals surface area contributed by atoms with Crippen LogP contribution in [0.1, 0.15) is 99.8 Å². The lowest BCUT2D eigenvalue weighted by molar-refractivity contribution is -0.196. The molecule has 4 heterocycles. The molecule has 3 fully saturated rings. The van der Waals surface area contributed by atoms with Crippen molar-refractivity contribution in [2.45, 2.75) is 114 Å². The number of carbonyl (C=O) groups is 3. The van der Waals surface area contributed by atoms with Crippen LogP contribution in [-0.4, -0.2) is 125 Å². The Hall–Kier alpha value is -4.48. The van der Waals surface area contributed by atoms with E-state index in [2.05, 4.69) is 9.89 Å². The number of benzene rings is 2. The Labute approximate surface area is 366 Å². The summed E-state index contributed by atoms with van der Waals surface area (Å²) in [5, 5.41) is 57.9. The topological polar surface area (TPSA) is 214 Å². The Bertz CT molecular complexity index is 2310. The zero-order chi connectivity index (χ0) is 44.6. The van der Waals surface area contributed by atoms with Gasteiger partial charge in [0, 0.05) is 62.5 Å². The number of ether oxygens (including phenoxy) is 5. The maximum atomic E-state index is 14.2. The third-order valence-corrected chi connectivity index (χ3v) is 14.0. The number of likely N-dealkylation sites (tertiary alicyclic amines) is 1. The summed E-state index contributed by atoms with van der Waals surface area (Å²) in [5.41, 5.74) is 0.886. The molecule has 8 rings (SSSR count). The van der Waals surface area contributed by atoms with Gasteiger partial charge < -0.3 is 54.1 Å². The first-order valence-electron chi connectivity index (χ1n) is 22.4. The van der Waals surface area contributed by atoms with E-state index in [4.69, 9.17) is 23.7 Å². The number of ketones is 1. The fourth-order valence-electron chi connectivity index (χ4n) is 10.6. The molecule has 4 aliphatic heterocycles. The number of rotatable bonds is 14. The highest BCUT2D eigenvalue weighted by Gasteiger charge is 2.50. The van der Waals surface area contributed by atoms with E-state index in [-0.39, 0.29) is 89.9 Å². The predicted octanol–water partition coefficient (Wildman–Crippen LogP) is 2.32. The molecule has 15 nitrogen and oxygen atoms in total. The lowest BCUT2D eigenvalue weighted by Gasteiger charge is -2.42. The van der Waals surface area contributed by atoms with Gasteiger partial charge in [-0.25, -0.2) is 4.79 Å². The Morgan fingerprint density at radius 3 is 2.60 bits per heavy atom. The average Bonchev–Trinajstić information content (AvgIpc) is 3.94. The van der Waals surface area contributed by atoms with Crippen molar-refractivity contribution in [3.63, 3.8) is 0 Å². The van der Waals surface area contributed by atoms with E-state index >= 15 is 0 Å². The molecule has 1 saturated heterocycles. The average molecular weight is 873 g/mol. The van der Waals surface area contributed by atoms with Crippen molar-refractivity contribution < 1.29 is 63.6 Å². The van der Waals surface area contributed by atoms with Gasteiger partial charge in [0.15, 0.2) is 12.1 Å². The van der Waals surface area contributed by atoms with Gasteiger partial charge >= 0.3 is 5.97 Å². The van der Waals surface area contributed by atoms with Crippen LogP contribution in [0.4, 0.5) is 0 Å². The van der Waals surface area contributed by atoms with Crippen LogP contribution in [0.25, 0.3) is 11.6 Å². The minimum Gasteiger partial charge on any atom is -0.489 e. The summed E-state index contributed by atoms with van der Waals surface area (Å²) >= 11 is 0. The zero-order valence-electron chi connectivity index (χ0n) is 36.4. The van der Waals surface area contributed by atoms with Crippen molar-refractivity contribution in [2.75, 3.05) is 53.1 Å². The molecule has 0 bridgehead atoms. The Balaban J connectivity index is 1.30. The number of hydrogen-bond acceptors (Lipinski definition) is 15. The largest absolute Gasteiger partial charge is 0.489 e. The zero-order valence-corrected chi connectivity index (χ0v) is 36.4. The van der Waals surface area contributed by atoms with Crippen molar-refractivity contribution in [3.05, 3.63) is 67.9 Å². The summed E-state index contributed by atoms with van der Waals surface area (Å²) in [7, 11) is 1.69. The molecule has 2 aromatic rings. The number of methoxy groups -OCH3 is 1. The first kappa shape index (κ1) is 45.1. The molecule has 15 heteroatoms. The van der Waals surface area contributed by atoms with E-state index in [0.29, 0.717) is 49.0 Å². The Kier molecular flexibility index (Phi) is 13.3. The number of allylic oxidation sites excluding steroid dienone is 3. The third-order valence-electron chi connectivity index (χ3n) is 14.0. The molecule has 2 aliphatic carbocycles. The molecule has 6 aliphatic rings. The van der Waals surface area contributed by atoms with Crippen LogP contribution in [0.2, 0.25) is 0 Å². The van der Waals surface area contributed by atoms with Crippen molar-refractivity contribution in [1.29, 1.82) is 0 Å². The second-order valence-corrected chi connectivity index (χ2v) is 18.1. The number of nitrogens with zero attached hydrogens (tertiary/aromatic N) is 2. The molecular weight excluding hydrogens is 813 g/mol. The maximum absolute atomic E-state index is 14.2. The molecule has 5 N–H and O–H groups in total. The molecule has 0 amide bonds. The second-order valence-electron chi connectivity index (χ2n) is 18.1. The predicted molar refractivity (Wildman–Crippen MR) is 228 cm³/mol. The van der Waals surface area contributed by atoms with Gasteiger partial charge in [0.1, 0.15) is 40.8 Å². The lowest BCUT2D eigenvalue weighted by Crippen LogP contribution is -2.52. The fraction of sp³-hybridized carbons (Fsp3) is 0.583. The summed E-state index contributed by atoms with van der Waals surface area (Å²) in [6.07, 6.45) is 4.48. The van der Waals surface area contributed by atoms with E-state index < -0.39 is 60.4 Å². The molecule has 5 unspecified atom stereocenters. The van der Waals surface area contributed by atoms with Crippen molar-refractivity contribution in [2.24, 2.45) is 16.8 Å². The Morgan fingerprint density at radius 2 is 1.90 bits per heavy atom. The van der Waals surface area contributed by atoms with Gasteiger partial charge in [-0.15, -0.1) is 0 Å². The number of hydrogen-bond donors (Lipinski definition) is 5. The van der Waals surface area contributed by atoms with Crippen LogP contribution in [0.3, 0.4) is 0 Å². The smallest absolute Gasteiger partial charge is 0.375 e. The fourth-order valence-corrected chi connectivity index (χ4v) is 10.6. The highest BCUT2D eigenvalue weighted by Crippen LogP contribution is 2.57. The molecular formula is C48H60N2O13. The second kappa shape index (κ2) is 18.6. The van der Waals surface area contributed by atoms with Crippen molar-refractivity contribution in [1.82, 2.24) is 4.90 Å². The molecule has 340 valence electrons. The standard InChI is InChI=1S/C48H60N2O13/c1-4-60-46(55)45-35(25-52)39(29-20-30(24-51)41(54)33(21-29)27-8-9-37-28(19-27)10-14-49-37)40-43(61-32-7-5-13-48(57,58)23-32)34-22-38(62-42(34)36(26-53)44(40)63-45)47(2,56)31-11-16-50(17-12-31)15-6-18-59-3/h8-10,19,25,30-33,38,51,53,56-58H,4-7,11-18,20-24,26H2,1-3H3. The molecule has 0 spiro atoms. The number of carbonyl (C=O) groups excluding carboxylic acids is 3. The minimum absolute atomic E-state index is 0.0233. The van der Waals surface area contributed by atoms with Crippen LogP contribution in [0.15, 0.2) is 40.1 Å². The van der Waals surface area contributed by atoms with Gasteiger partial charge in [0.05, 0.1) is 48.4 Å². The quantitative estimate of drug-likeness (QED) is 0.0798. The molecule has 63 heavy (non-hydrogen) atoms. The van der Waals surface area contributed by atoms with Crippen LogP contribution >= 0.6 is 0 Å². The van der Waals surface area contributed by atoms with Gasteiger partial charge in [-0.2, -0.15) is 0 Å². The van der Waals surface area contributed by atoms with Gasteiger partial charge in [-0.1, -0.05) is 17.7 Å². The monoisotopic (exact) mass is 872 g/mol. The number of aliphatic hydroxyl groups is 5. The van der Waals surface area contributed by atoms with Crippen LogP contribution in [-0.2, 0) is 36.9 Å². The number of piperidine rings is 1. The summed E-state index contributed by atoms with van der Waals surface area (Å²) < 4.78 is 30.7. The first-order valence-corrected chi connectivity index (χ1v) is 22.4. The van der Waals surface area contributed by atoms with E-state index in [9.17, 15) is 39.9 Å². The van der Waals surface area contributed by atoms with E-state index in [1.165, 1.54) is 0 Å². The van der Waals surface area contributed by atoms with Crippen LogP contribution in [0.5, 0.6) is 17.2 Å². The van der Waals surface area contributed by atoms with E-state index in [1.807, 2.05) is 24.3 Å². The van der Waals surface area contributed by atoms with E-state index in [1.54, 1.807) is 21.0 Å². The highest BCUT2D eigenvalue weighted by molar-refractivity contribution is 6.11. The molecule has 0 aromatic heterocycles. The number of Topliss-reactive ketones (excluding diaryl/α,β-unsaturated/α-hetero) is 1. The SMILES string of the molecule is CCOC(=O)C1=C(C=O)C(=C2CC(CO)C(=O)C(c3ccc4c(c3)=CCN=4)C2)c2c(c(CO)c3c(c2OC2CCCC(O)(O)C2)CC(C(C)(O)C2CCN(CCCOC)CC2)O3)O1. The van der Waals surface area contributed by atoms with E-state index in [0.717, 1.165) is 49.5 Å². The molecule has 2 aromatic carbocycles. The lowest BCUT2D eigenvalue weighted by atomic mass is 9.71. The van der Waals surface area contributed by atoms with Crippen LogP contribution < -0.4 is 24.8 Å². The van der Waals surface area contributed by atoms with Crippen molar-refractivity contribution >= 4 is 29.7 Å². The summed E-state index contributed by atoms with van der Waals surface area (Å²) in [6.45, 7) is 5.92. The van der Waals surface area contributed by atoms with Gasteiger partial charge in [0.2, 0.25) is 5.76 Å². The summed E-state index contributed by atoms with van der Waals surface area (Å²) in [5.74, 6) is -4.90. The van der Waals surface area contributed by atoms with Gasteiger partial charge in [0.25, 0.3) is 0 Å². The van der Waals surface area contributed by atoms with Gasteiger partial charge in [-0.3, -0.25) is 14.6 Å². The summed E-state index contributed by atoms with van der Waals surface area (Å²) in [6, 6.07) is 5.64. The van der Waals surface area contributed by atoms with Crippen LogP contribution in [0, 0.1) is 11.8 Å². The maximum Gasteiger partial charge on any atom is 0.375 e. The molecule has 0 radical (unpaired) electrons. The minimum atomic E-state index is -2.01.